The number of rotatable bonds is 5. The summed E-state index contributed by atoms with van der Waals surface area (Å²) in [6.45, 7) is 0.499. The van der Waals surface area contributed by atoms with E-state index in [0.29, 0.717) is 5.56 Å². The van der Waals surface area contributed by atoms with Crippen LogP contribution in [-0.2, 0) is 11.3 Å². The fourth-order valence-electron chi connectivity index (χ4n) is 1.99. The third-order valence-corrected chi connectivity index (χ3v) is 3.41. The van der Waals surface area contributed by atoms with E-state index in [4.69, 9.17) is 10.00 Å². The molecule has 0 aliphatic heterocycles. The Bertz CT molecular complexity index is 829. The molecule has 0 aliphatic carbocycles. The van der Waals surface area contributed by atoms with E-state index in [9.17, 15) is 22.4 Å². The van der Waals surface area contributed by atoms with Gasteiger partial charge >= 0.3 is 12.1 Å². The van der Waals surface area contributed by atoms with Crippen molar-refractivity contribution in [2.24, 2.45) is 0 Å². The lowest BCUT2D eigenvalue weighted by Crippen LogP contribution is -2.32. The number of carbonyl (C=O) groups excluding carboxylic acids is 1. The van der Waals surface area contributed by atoms with Gasteiger partial charge < -0.3 is 9.47 Å². The van der Waals surface area contributed by atoms with Crippen molar-refractivity contribution < 1.29 is 31.8 Å². The molecule has 0 saturated heterocycles. The Labute approximate surface area is 146 Å². The molecule has 0 N–H and O–H groups in total. The lowest BCUT2D eigenvalue weighted by Gasteiger charge is -2.19. The van der Waals surface area contributed by atoms with Crippen molar-refractivity contribution in [1.29, 1.82) is 5.26 Å². The molecule has 1 atom stereocenters. The number of hydrogen-bond donors (Lipinski definition) is 0. The van der Waals surface area contributed by atoms with Gasteiger partial charge in [0, 0.05) is 0 Å². The molecule has 0 fully saturated rings. The largest absolute Gasteiger partial charge is 0.480 e. The predicted molar refractivity (Wildman–Crippen MR) is 82.8 cm³/mol. The first-order valence-electron chi connectivity index (χ1n) is 7.41. The van der Waals surface area contributed by atoms with Crippen LogP contribution in [0, 0.1) is 17.1 Å². The molecule has 0 radical (unpaired) electrons. The van der Waals surface area contributed by atoms with Crippen molar-refractivity contribution in [2.75, 3.05) is 0 Å². The highest BCUT2D eigenvalue weighted by molar-refractivity contribution is 5.93. The number of carbonyl (C=O) groups is 1. The van der Waals surface area contributed by atoms with Crippen LogP contribution in [0.15, 0.2) is 42.5 Å². The van der Waals surface area contributed by atoms with Crippen molar-refractivity contribution in [1.82, 2.24) is 0 Å². The van der Waals surface area contributed by atoms with Crippen LogP contribution in [0.5, 0.6) is 5.75 Å². The van der Waals surface area contributed by atoms with E-state index < -0.39 is 40.9 Å². The third-order valence-electron chi connectivity index (χ3n) is 3.41. The van der Waals surface area contributed by atoms with E-state index >= 15 is 0 Å². The Balaban J connectivity index is 2.31. The fourth-order valence-corrected chi connectivity index (χ4v) is 1.99. The van der Waals surface area contributed by atoms with Gasteiger partial charge in [0.05, 0.1) is 5.56 Å². The van der Waals surface area contributed by atoms with Gasteiger partial charge in [-0.2, -0.15) is 18.4 Å². The topological polar surface area (TPSA) is 59.3 Å². The third kappa shape index (κ3) is 4.51. The highest BCUT2D eigenvalue weighted by atomic mass is 19.4. The number of nitrogens with zero attached hydrogens (tertiary/aromatic N) is 1. The minimum absolute atomic E-state index is 0.218. The van der Waals surface area contributed by atoms with E-state index in [2.05, 4.69) is 4.74 Å². The van der Waals surface area contributed by atoms with Gasteiger partial charge in [-0.05, 0) is 24.6 Å². The number of nitriles is 1. The SMILES string of the molecule is CC(Oc1ccc(C#N)c(F)c1C(=O)OCc1ccccc1)C(F)(F)F. The minimum Gasteiger partial charge on any atom is -0.480 e. The average molecular weight is 367 g/mol. The lowest BCUT2D eigenvalue weighted by atomic mass is 10.1. The molecule has 0 aliphatic rings. The number of benzene rings is 2. The Kier molecular flexibility index (Phi) is 5.82. The van der Waals surface area contributed by atoms with Gasteiger partial charge in [-0.3, -0.25) is 0 Å². The van der Waals surface area contributed by atoms with E-state index in [1.54, 1.807) is 30.3 Å². The van der Waals surface area contributed by atoms with Crippen LogP contribution in [0.2, 0.25) is 0 Å². The molecule has 2 rings (SSSR count). The van der Waals surface area contributed by atoms with Gasteiger partial charge in [-0.25, -0.2) is 9.18 Å². The number of ether oxygens (including phenoxy) is 2. The molecule has 2 aromatic carbocycles. The zero-order valence-electron chi connectivity index (χ0n) is 13.5. The molecule has 0 spiro atoms. The van der Waals surface area contributed by atoms with Gasteiger partial charge in [-0.1, -0.05) is 30.3 Å². The Hall–Kier alpha value is -3.08. The molecule has 8 heteroatoms. The van der Waals surface area contributed by atoms with E-state index in [1.165, 1.54) is 6.07 Å². The number of hydrogen-bond acceptors (Lipinski definition) is 4. The van der Waals surface area contributed by atoms with Crippen molar-refractivity contribution in [2.45, 2.75) is 25.8 Å². The quantitative estimate of drug-likeness (QED) is 0.581. The van der Waals surface area contributed by atoms with Gasteiger partial charge in [-0.15, -0.1) is 0 Å². The van der Waals surface area contributed by atoms with Crippen LogP contribution in [0.25, 0.3) is 0 Å². The van der Waals surface area contributed by atoms with Crippen LogP contribution in [0.3, 0.4) is 0 Å². The maximum absolute atomic E-state index is 14.4. The molecule has 0 saturated carbocycles. The molecule has 0 heterocycles. The van der Waals surface area contributed by atoms with Crippen LogP contribution >= 0.6 is 0 Å². The second-order valence-corrected chi connectivity index (χ2v) is 5.28. The molecule has 136 valence electrons. The molecular weight excluding hydrogens is 354 g/mol. The number of alkyl halides is 3. The highest BCUT2D eigenvalue weighted by Gasteiger charge is 2.39. The standard InChI is InChI=1S/C18H13F4NO3/c1-11(18(20,21)22)26-14-8-7-13(9-23)16(19)15(14)17(24)25-10-12-5-3-2-4-6-12/h2-8,11H,10H2,1H3. The molecule has 0 bridgehead atoms. The maximum atomic E-state index is 14.4. The molecular formula is C18H13F4NO3. The second-order valence-electron chi connectivity index (χ2n) is 5.28. The smallest absolute Gasteiger partial charge is 0.425 e. The summed E-state index contributed by atoms with van der Waals surface area (Å²) in [5, 5.41) is 8.87. The summed E-state index contributed by atoms with van der Waals surface area (Å²) < 4.78 is 62.1. The summed E-state index contributed by atoms with van der Waals surface area (Å²) in [7, 11) is 0. The Morgan fingerprint density at radius 2 is 1.85 bits per heavy atom. The maximum Gasteiger partial charge on any atom is 0.425 e. The zero-order chi connectivity index (χ0) is 19.3. The monoisotopic (exact) mass is 367 g/mol. The first-order chi connectivity index (χ1) is 12.2. The van der Waals surface area contributed by atoms with Crippen LogP contribution < -0.4 is 4.74 Å². The second kappa shape index (κ2) is 7.87. The number of esters is 1. The van der Waals surface area contributed by atoms with Crippen molar-refractivity contribution in [3.63, 3.8) is 0 Å². The predicted octanol–water partition coefficient (Wildman–Crippen LogP) is 4.38. The summed E-state index contributed by atoms with van der Waals surface area (Å²) in [5.74, 6) is -3.17. The number of halogens is 4. The minimum atomic E-state index is -4.71. The van der Waals surface area contributed by atoms with E-state index in [-0.39, 0.29) is 6.61 Å². The van der Waals surface area contributed by atoms with E-state index in [0.717, 1.165) is 19.1 Å². The lowest BCUT2D eigenvalue weighted by molar-refractivity contribution is -0.189. The summed E-state index contributed by atoms with van der Waals surface area (Å²) in [5.41, 5.74) is -0.761. The van der Waals surface area contributed by atoms with Gasteiger partial charge in [0.1, 0.15) is 24.0 Å². The molecule has 26 heavy (non-hydrogen) atoms. The first kappa shape index (κ1) is 19.2. The first-order valence-corrected chi connectivity index (χ1v) is 7.41. The van der Waals surface area contributed by atoms with E-state index in [1.807, 2.05) is 0 Å². The molecule has 0 amide bonds. The highest BCUT2D eigenvalue weighted by Crippen LogP contribution is 2.30. The summed E-state index contributed by atoms with van der Waals surface area (Å²) in [6.07, 6.45) is -6.99. The molecule has 4 nitrogen and oxygen atoms in total. The summed E-state index contributed by atoms with van der Waals surface area (Å²) in [4.78, 5) is 12.2. The average Bonchev–Trinajstić information content (AvgIpc) is 2.60. The van der Waals surface area contributed by atoms with Crippen molar-refractivity contribution in [3.8, 4) is 11.8 Å². The van der Waals surface area contributed by atoms with Crippen molar-refractivity contribution in [3.05, 3.63) is 65.0 Å². The molecule has 2 aromatic rings. The van der Waals surface area contributed by atoms with Crippen molar-refractivity contribution >= 4 is 5.97 Å². The van der Waals surface area contributed by atoms with Gasteiger partial charge in [0.2, 0.25) is 0 Å². The Morgan fingerprint density at radius 3 is 2.42 bits per heavy atom. The zero-order valence-corrected chi connectivity index (χ0v) is 13.5. The summed E-state index contributed by atoms with van der Waals surface area (Å²) >= 11 is 0. The Morgan fingerprint density at radius 1 is 1.19 bits per heavy atom. The van der Waals surface area contributed by atoms with Crippen LogP contribution in [0.4, 0.5) is 17.6 Å². The van der Waals surface area contributed by atoms with Crippen LogP contribution in [-0.4, -0.2) is 18.2 Å². The normalized spacial score (nSPS) is 12.2. The van der Waals surface area contributed by atoms with Crippen LogP contribution in [0.1, 0.15) is 28.4 Å². The molecule has 1 unspecified atom stereocenters. The van der Waals surface area contributed by atoms with Gasteiger partial charge in [0.25, 0.3) is 0 Å². The summed E-state index contributed by atoms with van der Waals surface area (Å²) in [6, 6.07) is 11.8. The van der Waals surface area contributed by atoms with Gasteiger partial charge in [0.15, 0.2) is 11.9 Å². The fraction of sp³-hybridized carbons (Fsp3) is 0.222. The molecule has 0 aromatic heterocycles.